The van der Waals surface area contributed by atoms with Gasteiger partial charge in [0, 0.05) is 31.9 Å². The zero-order chi connectivity index (χ0) is 21.1. The van der Waals surface area contributed by atoms with Crippen LogP contribution in [0.5, 0.6) is 0 Å². The Bertz CT molecular complexity index is 1070. The maximum Gasteiger partial charge on any atom is 0.272 e. The van der Waals surface area contributed by atoms with Crippen LogP contribution in [0.2, 0.25) is 0 Å². The summed E-state index contributed by atoms with van der Waals surface area (Å²) in [6.45, 7) is 1.54. The number of carbonyl (C=O) groups is 2. The van der Waals surface area contributed by atoms with Crippen molar-refractivity contribution < 1.29 is 18.4 Å². The average molecular weight is 410 g/mol. The molecule has 1 saturated heterocycles. The van der Waals surface area contributed by atoms with Crippen LogP contribution in [0.15, 0.2) is 61.1 Å². The Morgan fingerprint density at radius 3 is 2.20 bits per heavy atom. The van der Waals surface area contributed by atoms with Crippen LogP contribution in [0, 0.1) is 11.6 Å². The molecule has 6 nitrogen and oxygen atoms in total. The summed E-state index contributed by atoms with van der Waals surface area (Å²) in [7, 11) is 0. The Hall–Kier alpha value is -3.55. The molecule has 3 aromatic rings. The molecule has 0 saturated carbocycles. The molecule has 2 amide bonds. The zero-order valence-corrected chi connectivity index (χ0v) is 16.2. The third kappa shape index (κ3) is 3.94. The SMILES string of the molecule is O=C(c1ccccc1F)N1CCCN(C(=O)c2cncn2-c2ccc(F)cc2)CC1. The van der Waals surface area contributed by atoms with Gasteiger partial charge in [-0.15, -0.1) is 0 Å². The van der Waals surface area contributed by atoms with E-state index in [-0.39, 0.29) is 23.2 Å². The number of hydrogen-bond acceptors (Lipinski definition) is 3. The molecule has 0 bridgehead atoms. The number of aromatic nitrogens is 2. The predicted molar refractivity (Wildman–Crippen MR) is 106 cm³/mol. The minimum Gasteiger partial charge on any atom is -0.337 e. The highest BCUT2D eigenvalue weighted by molar-refractivity contribution is 5.95. The summed E-state index contributed by atoms with van der Waals surface area (Å²) in [5.41, 5.74) is 1.02. The van der Waals surface area contributed by atoms with Gasteiger partial charge in [-0.25, -0.2) is 13.8 Å². The number of nitrogens with zero attached hydrogens (tertiary/aromatic N) is 4. The van der Waals surface area contributed by atoms with Gasteiger partial charge in [0.05, 0.1) is 18.1 Å². The largest absolute Gasteiger partial charge is 0.337 e. The Labute approximate surface area is 172 Å². The molecule has 4 rings (SSSR count). The summed E-state index contributed by atoms with van der Waals surface area (Å²) in [5, 5.41) is 0. The third-order valence-corrected chi connectivity index (χ3v) is 5.14. The molecule has 1 fully saturated rings. The average Bonchev–Trinajstić information content (AvgIpc) is 3.11. The molecule has 0 atom stereocenters. The molecular formula is C22H20F2N4O2. The molecule has 0 spiro atoms. The van der Waals surface area contributed by atoms with Crippen molar-refractivity contribution in [3.8, 4) is 5.69 Å². The Balaban J connectivity index is 1.48. The molecule has 30 heavy (non-hydrogen) atoms. The van der Waals surface area contributed by atoms with E-state index < -0.39 is 5.82 Å². The van der Waals surface area contributed by atoms with E-state index in [0.29, 0.717) is 44.0 Å². The van der Waals surface area contributed by atoms with Crippen LogP contribution in [0.3, 0.4) is 0 Å². The van der Waals surface area contributed by atoms with Crippen molar-refractivity contribution in [2.24, 2.45) is 0 Å². The summed E-state index contributed by atoms with van der Waals surface area (Å²) in [6, 6.07) is 11.7. The van der Waals surface area contributed by atoms with E-state index in [1.807, 2.05) is 0 Å². The van der Waals surface area contributed by atoms with Gasteiger partial charge in [-0.2, -0.15) is 0 Å². The highest BCUT2D eigenvalue weighted by atomic mass is 19.1. The van der Waals surface area contributed by atoms with Crippen molar-refractivity contribution in [1.82, 2.24) is 19.4 Å². The third-order valence-electron chi connectivity index (χ3n) is 5.14. The van der Waals surface area contributed by atoms with Crippen LogP contribution in [-0.4, -0.2) is 57.3 Å². The molecule has 154 valence electrons. The van der Waals surface area contributed by atoms with Crippen LogP contribution in [0.25, 0.3) is 5.69 Å². The maximum absolute atomic E-state index is 14.0. The van der Waals surface area contributed by atoms with Crippen LogP contribution in [-0.2, 0) is 0 Å². The first-order chi connectivity index (χ1) is 14.5. The van der Waals surface area contributed by atoms with E-state index in [1.54, 1.807) is 38.6 Å². The zero-order valence-electron chi connectivity index (χ0n) is 16.2. The molecule has 0 unspecified atom stereocenters. The van der Waals surface area contributed by atoms with Crippen molar-refractivity contribution >= 4 is 11.8 Å². The minimum atomic E-state index is -0.553. The van der Waals surface area contributed by atoms with E-state index in [0.717, 1.165) is 0 Å². The lowest BCUT2D eigenvalue weighted by Crippen LogP contribution is -2.38. The molecular weight excluding hydrogens is 390 g/mol. The van der Waals surface area contributed by atoms with Gasteiger partial charge in [-0.05, 0) is 42.8 Å². The summed E-state index contributed by atoms with van der Waals surface area (Å²) in [5.74, 6) is -1.52. The lowest BCUT2D eigenvalue weighted by molar-refractivity contribution is 0.0712. The molecule has 2 heterocycles. The van der Waals surface area contributed by atoms with Gasteiger partial charge in [0.25, 0.3) is 11.8 Å². The van der Waals surface area contributed by atoms with Crippen molar-refractivity contribution in [3.63, 3.8) is 0 Å². The van der Waals surface area contributed by atoms with Crippen LogP contribution in [0.1, 0.15) is 27.3 Å². The number of rotatable bonds is 3. The smallest absolute Gasteiger partial charge is 0.272 e. The second kappa shape index (κ2) is 8.44. The van der Waals surface area contributed by atoms with E-state index in [2.05, 4.69) is 4.98 Å². The second-order valence-electron chi connectivity index (χ2n) is 7.04. The van der Waals surface area contributed by atoms with Crippen LogP contribution >= 0.6 is 0 Å². The first-order valence-corrected chi connectivity index (χ1v) is 9.66. The van der Waals surface area contributed by atoms with E-state index >= 15 is 0 Å². The van der Waals surface area contributed by atoms with Crippen molar-refractivity contribution in [2.45, 2.75) is 6.42 Å². The Kier molecular flexibility index (Phi) is 5.56. The second-order valence-corrected chi connectivity index (χ2v) is 7.04. The van der Waals surface area contributed by atoms with Gasteiger partial charge in [0.15, 0.2) is 0 Å². The van der Waals surface area contributed by atoms with Gasteiger partial charge in [0.2, 0.25) is 0 Å². The number of halogens is 2. The molecule has 0 aliphatic carbocycles. The quantitative estimate of drug-likeness (QED) is 0.667. The van der Waals surface area contributed by atoms with Crippen LogP contribution < -0.4 is 0 Å². The van der Waals surface area contributed by atoms with Gasteiger partial charge in [-0.1, -0.05) is 12.1 Å². The normalized spacial score (nSPS) is 14.5. The minimum absolute atomic E-state index is 0.0339. The molecule has 0 radical (unpaired) electrons. The number of hydrogen-bond donors (Lipinski definition) is 0. The fraction of sp³-hybridized carbons (Fsp3) is 0.227. The number of carbonyl (C=O) groups excluding carboxylic acids is 2. The highest BCUT2D eigenvalue weighted by Gasteiger charge is 2.26. The maximum atomic E-state index is 14.0. The topological polar surface area (TPSA) is 58.4 Å². The summed E-state index contributed by atoms with van der Waals surface area (Å²) in [4.78, 5) is 33.1. The first-order valence-electron chi connectivity index (χ1n) is 9.66. The fourth-order valence-electron chi connectivity index (χ4n) is 3.55. The molecule has 1 aromatic heterocycles. The standard InChI is InChI=1S/C22H20F2N4O2/c23-16-6-8-17(9-7-16)28-15-25-14-20(28)22(30)27-11-3-10-26(12-13-27)21(29)18-4-1-2-5-19(18)24/h1-2,4-9,14-15H,3,10-13H2. The highest BCUT2D eigenvalue weighted by Crippen LogP contribution is 2.17. The number of amides is 2. The van der Waals surface area contributed by atoms with Crippen molar-refractivity contribution in [3.05, 3.63) is 83.9 Å². The molecule has 1 aliphatic heterocycles. The van der Waals surface area contributed by atoms with Crippen molar-refractivity contribution in [2.75, 3.05) is 26.2 Å². The van der Waals surface area contributed by atoms with Crippen molar-refractivity contribution in [1.29, 1.82) is 0 Å². The monoisotopic (exact) mass is 410 g/mol. The van der Waals surface area contributed by atoms with E-state index in [1.165, 1.54) is 36.8 Å². The van der Waals surface area contributed by atoms with Gasteiger partial charge in [0.1, 0.15) is 17.3 Å². The molecule has 8 heteroatoms. The van der Waals surface area contributed by atoms with Gasteiger partial charge in [-0.3, -0.25) is 14.2 Å². The summed E-state index contributed by atoms with van der Waals surface area (Å²) >= 11 is 0. The first kappa shape index (κ1) is 19.8. The van der Waals surface area contributed by atoms with Gasteiger partial charge < -0.3 is 9.80 Å². The number of imidazole rings is 1. The summed E-state index contributed by atoms with van der Waals surface area (Å²) < 4.78 is 28.8. The van der Waals surface area contributed by atoms with E-state index in [9.17, 15) is 18.4 Å². The van der Waals surface area contributed by atoms with E-state index in [4.69, 9.17) is 0 Å². The molecule has 1 aliphatic rings. The molecule has 0 N–H and O–H groups in total. The number of benzene rings is 2. The molecule has 2 aromatic carbocycles. The predicted octanol–water partition coefficient (Wildman–Crippen LogP) is 3.14. The summed E-state index contributed by atoms with van der Waals surface area (Å²) in [6.07, 6.45) is 3.56. The Morgan fingerprint density at radius 1 is 0.833 bits per heavy atom. The van der Waals surface area contributed by atoms with Gasteiger partial charge >= 0.3 is 0 Å². The van der Waals surface area contributed by atoms with Crippen LogP contribution in [0.4, 0.5) is 8.78 Å². The lowest BCUT2D eigenvalue weighted by Gasteiger charge is -2.22. The Morgan fingerprint density at radius 2 is 1.50 bits per heavy atom. The fourth-order valence-corrected chi connectivity index (χ4v) is 3.55. The lowest BCUT2D eigenvalue weighted by atomic mass is 10.2.